The lowest BCUT2D eigenvalue weighted by Gasteiger charge is -2.24. The molecule has 1 aliphatic carbocycles. The van der Waals surface area contributed by atoms with Crippen molar-refractivity contribution in [2.75, 3.05) is 11.9 Å². The number of hydrogen-bond acceptors (Lipinski definition) is 4. The largest absolute Gasteiger partial charge is 0.462 e. The molecule has 0 bridgehead atoms. The number of carbonyl (C=O) groups excluding carboxylic acids is 1. The summed E-state index contributed by atoms with van der Waals surface area (Å²) in [7, 11) is 0. The molecule has 3 nitrogen and oxygen atoms in total. The van der Waals surface area contributed by atoms with Gasteiger partial charge in [-0.2, -0.15) is 0 Å². The van der Waals surface area contributed by atoms with E-state index in [2.05, 4.69) is 16.8 Å². The number of ether oxygens (including phenoxy) is 1. The molecule has 1 N–H and O–H groups in total. The molecule has 0 saturated heterocycles. The topological polar surface area (TPSA) is 38.3 Å². The standard InChI is InChI=1S/C17H19NO2S/c1-2-20-17(19)12-6-8-13(9-7-12)18-15-4-3-5-16-14(15)10-11-21-16/h6-11,15,18H,2-5H2,1H3. The second-order valence-corrected chi connectivity index (χ2v) is 6.19. The number of anilines is 1. The highest BCUT2D eigenvalue weighted by Gasteiger charge is 2.20. The fraction of sp³-hybridized carbons (Fsp3) is 0.353. The molecule has 1 aromatic heterocycles. The molecule has 21 heavy (non-hydrogen) atoms. The first-order valence-corrected chi connectivity index (χ1v) is 8.26. The zero-order valence-electron chi connectivity index (χ0n) is 12.1. The van der Waals surface area contributed by atoms with E-state index < -0.39 is 0 Å². The summed E-state index contributed by atoms with van der Waals surface area (Å²) in [5.74, 6) is -0.262. The Morgan fingerprint density at radius 3 is 2.90 bits per heavy atom. The zero-order valence-corrected chi connectivity index (χ0v) is 12.9. The highest BCUT2D eigenvalue weighted by atomic mass is 32.1. The molecule has 1 aliphatic rings. The van der Waals surface area contributed by atoms with E-state index in [0.29, 0.717) is 18.2 Å². The molecule has 3 rings (SSSR count). The van der Waals surface area contributed by atoms with Gasteiger partial charge in [0.25, 0.3) is 0 Å². The minimum absolute atomic E-state index is 0.262. The smallest absolute Gasteiger partial charge is 0.338 e. The van der Waals surface area contributed by atoms with Gasteiger partial charge in [-0.1, -0.05) is 0 Å². The van der Waals surface area contributed by atoms with Gasteiger partial charge in [0.15, 0.2) is 0 Å². The molecule has 0 radical (unpaired) electrons. The van der Waals surface area contributed by atoms with Gasteiger partial charge in [-0.15, -0.1) is 11.3 Å². The predicted molar refractivity (Wildman–Crippen MR) is 86.0 cm³/mol. The summed E-state index contributed by atoms with van der Waals surface area (Å²) in [5.41, 5.74) is 3.08. The Hall–Kier alpha value is -1.81. The van der Waals surface area contributed by atoms with E-state index in [4.69, 9.17) is 4.74 Å². The third-order valence-electron chi connectivity index (χ3n) is 3.79. The summed E-state index contributed by atoms with van der Waals surface area (Å²) < 4.78 is 5.00. The van der Waals surface area contributed by atoms with Crippen LogP contribution in [-0.2, 0) is 11.2 Å². The molecule has 0 amide bonds. The Labute approximate surface area is 129 Å². The maximum atomic E-state index is 11.6. The summed E-state index contributed by atoms with van der Waals surface area (Å²) in [6.45, 7) is 2.22. The van der Waals surface area contributed by atoms with Crippen molar-refractivity contribution in [1.82, 2.24) is 0 Å². The van der Waals surface area contributed by atoms with Gasteiger partial charge in [0, 0.05) is 10.6 Å². The van der Waals surface area contributed by atoms with Crippen molar-refractivity contribution >= 4 is 23.0 Å². The Morgan fingerprint density at radius 1 is 1.33 bits per heavy atom. The van der Waals surface area contributed by atoms with Crippen LogP contribution in [0.2, 0.25) is 0 Å². The van der Waals surface area contributed by atoms with Crippen molar-refractivity contribution in [2.24, 2.45) is 0 Å². The molecule has 0 spiro atoms. The molecule has 0 saturated carbocycles. The summed E-state index contributed by atoms with van der Waals surface area (Å²) in [6.07, 6.45) is 3.59. The van der Waals surface area contributed by atoms with Gasteiger partial charge in [-0.3, -0.25) is 0 Å². The second-order valence-electron chi connectivity index (χ2n) is 5.19. The van der Waals surface area contributed by atoms with Crippen LogP contribution in [0.1, 0.15) is 46.6 Å². The number of fused-ring (bicyclic) bond motifs is 1. The minimum atomic E-state index is -0.262. The van der Waals surface area contributed by atoms with Gasteiger partial charge in [-0.25, -0.2) is 4.79 Å². The van der Waals surface area contributed by atoms with E-state index in [1.165, 1.54) is 23.3 Å². The van der Waals surface area contributed by atoms with E-state index in [0.717, 1.165) is 12.1 Å². The molecule has 4 heteroatoms. The third kappa shape index (κ3) is 3.10. The highest BCUT2D eigenvalue weighted by molar-refractivity contribution is 7.10. The van der Waals surface area contributed by atoms with Crippen LogP contribution in [0, 0.1) is 0 Å². The molecule has 1 atom stereocenters. The molecule has 1 aromatic carbocycles. The number of hydrogen-bond donors (Lipinski definition) is 1. The van der Waals surface area contributed by atoms with Crippen LogP contribution in [0.4, 0.5) is 5.69 Å². The maximum absolute atomic E-state index is 11.6. The lowest BCUT2D eigenvalue weighted by molar-refractivity contribution is 0.0526. The Balaban J connectivity index is 1.71. The van der Waals surface area contributed by atoms with E-state index in [1.807, 2.05) is 42.5 Å². The first-order valence-electron chi connectivity index (χ1n) is 7.38. The quantitative estimate of drug-likeness (QED) is 0.850. The van der Waals surface area contributed by atoms with Crippen LogP contribution in [0.15, 0.2) is 35.7 Å². The van der Waals surface area contributed by atoms with Gasteiger partial charge in [0.1, 0.15) is 0 Å². The van der Waals surface area contributed by atoms with Gasteiger partial charge >= 0.3 is 5.97 Å². The van der Waals surface area contributed by atoms with Crippen molar-refractivity contribution in [3.63, 3.8) is 0 Å². The van der Waals surface area contributed by atoms with Gasteiger partial charge < -0.3 is 10.1 Å². The summed E-state index contributed by atoms with van der Waals surface area (Å²) >= 11 is 1.85. The SMILES string of the molecule is CCOC(=O)c1ccc(NC2CCCc3sccc32)cc1. The van der Waals surface area contributed by atoms with E-state index in [9.17, 15) is 4.79 Å². The predicted octanol–water partition coefficient (Wildman–Crippen LogP) is 4.41. The molecule has 0 fully saturated rings. The molecule has 110 valence electrons. The number of rotatable bonds is 4. The minimum Gasteiger partial charge on any atom is -0.462 e. The first kappa shape index (κ1) is 14.1. The molecule has 2 aromatic rings. The Bertz CT molecular complexity index is 618. The number of carbonyl (C=O) groups is 1. The van der Waals surface area contributed by atoms with Gasteiger partial charge in [0.2, 0.25) is 0 Å². The Kier molecular flexibility index (Phi) is 4.25. The fourth-order valence-electron chi connectivity index (χ4n) is 2.75. The number of nitrogens with one attached hydrogen (secondary N) is 1. The molecule has 1 heterocycles. The molecule has 1 unspecified atom stereocenters. The van der Waals surface area contributed by atoms with Crippen molar-refractivity contribution in [2.45, 2.75) is 32.2 Å². The summed E-state index contributed by atoms with van der Waals surface area (Å²) in [5, 5.41) is 5.75. The Morgan fingerprint density at radius 2 is 2.14 bits per heavy atom. The average molecular weight is 301 g/mol. The monoisotopic (exact) mass is 301 g/mol. The summed E-state index contributed by atoms with van der Waals surface area (Å²) in [6, 6.07) is 10.1. The molecule has 0 aliphatic heterocycles. The van der Waals surface area contributed by atoms with Crippen LogP contribution < -0.4 is 5.32 Å². The number of thiophene rings is 1. The lowest BCUT2D eigenvalue weighted by atomic mass is 9.94. The van der Waals surface area contributed by atoms with Crippen LogP contribution in [-0.4, -0.2) is 12.6 Å². The van der Waals surface area contributed by atoms with Crippen LogP contribution in [0.25, 0.3) is 0 Å². The average Bonchev–Trinajstić information content (AvgIpc) is 2.98. The van der Waals surface area contributed by atoms with Crippen molar-refractivity contribution in [3.05, 3.63) is 51.7 Å². The molecular weight excluding hydrogens is 282 g/mol. The first-order chi connectivity index (χ1) is 10.3. The van der Waals surface area contributed by atoms with E-state index in [-0.39, 0.29) is 5.97 Å². The van der Waals surface area contributed by atoms with Crippen LogP contribution in [0.5, 0.6) is 0 Å². The van der Waals surface area contributed by atoms with Gasteiger partial charge in [-0.05, 0) is 67.5 Å². The third-order valence-corrected chi connectivity index (χ3v) is 4.79. The lowest BCUT2D eigenvalue weighted by Crippen LogP contribution is -2.15. The van der Waals surface area contributed by atoms with Crippen molar-refractivity contribution < 1.29 is 9.53 Å². The number of aryl methyl sites for hydroxylation is 1. The van der Waals surface area contributed by atoms with Crippen molar-refractivity contribution in [3.8, 4) is 0 Å². The highest BCUT2D eigenvalue weighted by Crippen LogP contribution is 2.35. The van der Waals surface area contributed by atoms with E-state index in [1.54, 1.807) is 0 Å². The van der Waals surface area contributed by atoms with Crippen molar-refractivity contribution in [1.29, 1.82) is 0 Å². The van der Waals surface area contributed by atoms with Crippen LogP contribution in [0.3, 0.4) is 0 Å². The number of benzene rings is 1. The van der Waals surface area contributed by atoms with Crippen LogP contribution >= 0.6 is 11.3 Å². The zero-order chi connectivity index (χ0) is 14.7. The second kappa shape index (κ2) is 6.31. The molecular formula is C17H19NO2S. The summed E-state index contributed by atoms with van der Waals surface area (Å²) in [4.78, 5) is 13.1. The maximum Gasteiger partial charge on any atom is 0.338 e. The van der Waals surface area contributed by atoms with Gasteiger partial charge in [0.05, 0.1) is 18.2 Å². The van der Waals surface area contributed by atoms with E-state index >= 15 is 0 Å². The fourth-order valence-corrected chi connectivity index (χ4v) is 3.74. The number of esters is 1. The normalized spacial score (nSPS) is 17.1.